The van der Waals surface area contributed by atoms with Crippen molar-refractivity contribution in [1.29, 1.82) is 0 Å². The van der Waals surface area contributed by atoms with Crippen molar-refractivity contribution in [3.63, 3.8) is 0 Å². The van der Waals surface area contributed by atoms with Gasteiger partial charge in [0.15, 0.2) is 0 Å². The third kappa shape index (κ3) is 4.88. The van der Waals surface area contributed by atoms with Crippen LogP contribution in [0, 0.1) is 0 Å². The molecule has 0 saturated carbocycles. The summed E-state index contributed by atoms with van der Waals surface area (Å²) in [5.41, 5.74) is 4.35. The molecule has 5 nitrogen and oxygen atoms in total. The van der Waals surface area contributed by atoms with Crippen molar-refractivity contribution in [2.45, 2.75) is 38.3 Å². The van der Waals surface area contributed by atoms with Crippen LogP contribution in [0.2, 0.25) is 0 Å². The predicted octanol–water partition coefficient (Wildman–Crippen LogP) is 6.27. The van der Waals surface area contributed by atoms with E-state index in [1.165, 1.54) is 0 Å². The Morgan fingerprint density at radius 1 is 1.06 bits per heavy atom. The van der Waals surface area contributed by atoms with E-state index in [1.54, 1.807) is 41.3 Å². The number of alkyl halides is 2. The van der Waals surface area contributed by atoms with Gasteiger partial charge in [0.1, 0.15) is 35.7 Å². The number of phenolic OH excluding ortho intramolecular Hbond substituents is 2. The average Bonchev–Trinajstić information content (AvgIpc) is 3.23. The van der Waals surface area contributed by atoms with Crippen LogP contribution >= 0.6 is 0 Å². The van der Waals surface area contributed by atoms with Gasteiger partial charge in [-0.2, -0.15) is 0 Å². The van der Waals surface area contributed by atoms with Crippen molar-refractivity contribution >= 4 is 11.1 Å². The van der Waals surface area contributed by atoms with E-state index in [0.29, 0.717) is 24.7 Å². The van der Waals surface area contributed by atoms with E-state index in [4.69, 9.17) is 9.47 Å². The largest absolute Gasteiger partial charge is 0.508 e. The van der Waals surface area contributed by atoms with Gasteiger partial charge >= 0.3 is 0 Å². The maximum absolute atomic E-state index is 13.5. The van der Waals surface area contributed by atoms with Crippen LogP contribution < -0.4 is 9.47 Å². The molecule has 3 aromatic rings. The fourth-order valence-electron chi connectivity index (χ4n) is 4.92. The van der Waals surface area contributed by atoms with E-state index >= 15 is 0 Å². The predicted molar refractivity (Wildman–Crippen MR) is 135 cm³/mol. The zero-order chi connectivity index (χ0) is 25.4. The van der Waals surface area contributed by atoms with Crippen molar-refractivity contribution in [2.24, 2.45) is 0 Å². The number of benzene rings is 3. The summed E-state index contributed by atoms with van der Waals surface area (Å²) in [6, 6.07) is 19.5. The highest BCUT2D eigenvalue weighted by molar-refractivity contribution is 5.95. The topological polar surface area (TPSA) is 62.2 Å². The molecule has 3 aromatic carbocycles. The minimum Gasteiger partial charge on any atom is -0.508 e. The Labute approximate surface area is 209 Å². The summed E-state index contributed by atoms with van der Waals surface area (Å²) in [6.45, 7) is 4.35. The lowest BCUT2D eigenvalue weighted by Crippen LogP contribution is -2.37. The monoisotopic (exact) mass is 493 g/mol. The Morgan fingerprint density at radius 3 is 2.50 bits per heavy atom. The minimum atomic E-state index is -2.62. The fourth-order valence-corrected chi connectivity index (χ4v) is 4.92. The quantitative estimate of drug-likeness (QED) is 0.424. The molecule has 2 aliphatic heterocycles. The normalized spacial score (nSPS) is 20.1. The van der Waals surface area contributed by atoms with Gasteiger partial charge in [-0.05, 0) is 73.0 Å². The highest BCUT2D eigenvalue weighted by Gasteiger charge is 2.40. The van der Waals surface area contributed by atoms with Gasteiger partial charge < -0.3 is 19.7 Å². The maximum atomic E-state index is 13.5. The van der Waals surface area contributed by atoms with Gasteiger partial charge in [-0.1, -0.05) is 24.3 Å². The Morgan fingerprint density at radius 2 is 1.81 bits per heavy atom. The summed E-state index contributed by atoms with van der Waals surface area (Å²) in [5, 5.41) is 20.1. The second kappa shape index (κ2) is 9.47. The highest BCUT2D eigenvalue weighted by Crippen LogP contribution is 2.47. The average molecular weight is 494 g/mol. The molecular formula is C29H29F2NO4. The van der Waals surface area contributed by atoms with Gasteiger partial charge in [0.05, 0.1) is 6.54 Å². The van der Waals surface area contributed by atoms with Gasteiger partial charge in [-0.3, -0.25) is 4.90 Å². The summed E-state index contributed by atoms with van der Waals surface area (Å²) in [7, 11) is 0. The molecular weight excluding hydrogens is 464 g/mol. The molecule has 1 unspecified atom stereocenters. The summed E-state index contributed by atoms with van der Waals surface area (Å²) in [5.74, 6) is -1.000. The molecule has 2 aliphatic rings. The van der Waals surface area contributed by atoms with Crippen LogP contribution in [0.15, 0.2) is 66.7 Å². The van der Waals surface area contributed by atoms with Crippen molar-refractivity contribution < 1.29 is 28.5 Å². The molecule has 2 atom stereocenters. The molecule has 0 amide bonds. The summed E-state index contributed by atoms with van der Waals surface area (Å²) >= 11 is 0. The number of aromatic hydroxyl groups is 2. The van der Waals surface area contributed by atoms with Gasteiger partial charge in [0, 0.05) is 30.1 Å². The molecule has 0 radical (unpaired) electrons. The van der Waals surface area contributed by atoms with Crippen LogP contribution in [0.5, 0.6) is 23.0 Å². The Balaban J connectivity index is 1.39. The van der Waals surface area contributed by atoms with Crippen LogP contribution in [0.1, 0.15) is 43.1 Å². The summed E-state index contributed by atoms with van der Waals surface area (Å²) < 4.78 is 39.4. The molecule has 1 fully saturated rings. The van der Waals surface area contributed by atoms with E-state index in [9.17, 15) is 19.0 Å². The van der Waals surface area contributed by atoms with Crippen molar-refractivity contribution in [3.05, 3.63) is 83.4 Å². The van der Waals surface area contributed by atoms with Gasteiger partial charge in [-0.25, -0.2) is 8.78 Å². The van der Waals surface area contributed by atoms with Crippen LogP contribution in [-0.4, -0.2) is 46.8 Å². The molecule has 2 N–H and O–H groups in total. The minimum absolute atomic E-state index is 0.107. The van der Waals surface area contributed by atoms with Gasteiger partial charge in [0.25, 0.3) is 5.92 Å². The zero-order valence-corrected chi connectivity index (χ0v) is 20.2. The third-order valence-corrected chi connectivity index (χ3v) is 6.93. The molecule has 7 heteroatoms. The van der Waals surface area contributed by atoms with Crippen LogP contribution in [0.25, 0.3) is 11.1 Å². The Hall–Kier alpha value is -3.58. The first-order valence-corrected chi connectivity index (χ1v) is 12.0. The van der Waals surface area contributed by atoms with E-state index in [-0.39, 0.29) is 30.5 Å². The lowest BCUT2D eigenvalue weighted by atomic mass is 9.86. The van der Waals surface area contributed by atoms with Crippen molar-refractivity contribution in [1.82, 2.24) is 4.90 Å². The third-order valence-electron chi connectivity index (χ3n) is 6.93. The lowest BCUT2D eigenvalue weighted by Gasteiger charge is -2.31. The number of hydrogen-bond donors (Lipinski definition) is 2. The number of fused-ring (bicyclic) bond motifs is 1. The van der Waals surface area contributed by atoms with E-state index in [0.717, 1.165) is 27.8 Å². The van der Waals surface area contributed by atoms with E-state index in [1.807, 2.05) is 44.2 Å². The molecule has 0 spiro atoms. The van der Waals surface area contributed by atoms with Crippen molar-refractivity contribution in [2.75, 3.05) is 19.7 Å². The van der Waals surface area contributed by atoms with Gasteiger partial charge in [-0.15, -0.1) is 0 Å². The number of rotatable bonds is 6. The Bertz CT molecular complexity index is 1290. The molecule has 1 saturated heterocycles. The van der Waals surface area contributed by atoms with Gasteiger partial charge in [0.2, 0.25) is 0 Å². The molecule has 188 valence electrons. The first kappa shape index (κ1) is 24.1. The zero-order valence-electron chi connectivity index (χ0n) is 20.2. The Kier molecular flexibility index (Phi) is 6.35. The van der Waals surface area contributed by atoms with Crippen molar-refractivity contribution in [3.8, 4) is 23.0 Å². The second-order valence-corrected chi connectivity index (χ2v) is 9.57. The molecule has 0 bridgehead atoms. The summed E-state index contributed by atoms with van der Waals surface area (Å²) in [6.07, 6.45) is -0.548. The fraction of sp³-hybridized carbons (Fsp3) is 0.310. The highest BCUT2D eigenvalue weighted by atomic mass is 19.3. The first-order chi connectivity index (χ1) is 17.2. The number of halogens is 2. The maximum Gasteiger partial charge on any atom is 0.261 e. The van der Waals surface area contributed by atoms with Crippen LogP contribution in [-0.2, 0) is 0 Å². The molecule has 0 aliphatic carbocycles. The molecule has 5 rings (SSSR count). The number of likely N-dealkylation sites (tertiary alicyclic amines) is 1. The molecule has 36 heavy (non-hydrogen) atoms. The number of phenols is 2. The first-order valence-electron chi connectivity index (χ1n) is 12.0. The SMILES string of the molecule is CC1=C(c2cccc(O)c2)C(c2ccc(OC[C@H](C)N3CCC(F)(F)C3)cc2)Oc2ccc(O)cc21. The smallest absolute Gasteiger partial charge is 0.261 e. The number of nitrogens with zero attached hydrogens (tertiary/aromatic N) is 1. The number of allylic oxidation sites excluding steroid dienone is 1. The number of ether oxygens (including phenoxy) is 2. The molecule has 2 heterocycles. The van der Waals surface area contributed by atoms with E-state index in [2.05, 4.69) is 0 Å². The lowest BCUT2D eigenvalue weighted by molar-refractivity contribution is 0.00610. The standard InChI is InChI=1S/C29H29F2NO4/c1-18(32-13-12-29(30,31)17-32)16-35-24-9-6-20(7-10-24)28-27(21-4-3-5-22(33)14-21)19(2)25-15-23(34)8-11-26(25)36-28/h3-11,14-15,18,28,33-34H,12-13,16-17H2,1-2H3/t18-,28?/m0/s1. The second-order valence-electron chi connectivity index (χ2n) is 9.57. The molecule has 0 aromatic heterocycles. The number of hydrogen-bond acceptors (Lipinski definition) is 5. The van der Waals surface area contributed by atoms with Crippen LogP contribution in [0.3, 0.4) is 0 Å². The van der Waals surface area contributed by atoms with E-state index < -0.39 is 12.0 Å². The summed E-state index contributed by atoms with van der Waals surface area (Å²) in [4.78, 5) is 1.76. The van der Waals surface area contributed by atoms with Crippen LogP contribution in [0.4, 0.5) is 8.78 Å².